The van der Waals surface area contributed by atoms with Crippen LogP contribution in [-0.2, 0) is 6.42 Å². The van der Waals surface area contributed by atoms with Gasteiger partial charge in [-0.2, -0.15) is 0 Å². The lowest BCUT2D eigenvalue weighted by atomic mass is 10.1. The van der Waals surface area contributed by atoms with Crippen molar-refractivity contribution in [2.75, 3.05) is 19.8 Å². The monoisotopic (exact) mass is 263 g/mol. The number of benzene rings is 1. The van der Waals surface area contributed by atoms with Crippen LogP contribution in [0, 0.1) is 0 Å². The van der Waals surface area contributed by atoms with Crippen molar-refractivity contribution in [1.29, 1.82) is 0 Å². The summed E-state index contributed by atoms with van der Waals surface area (Å²) in [5.74, 6) is 1.75. The molecule has 0 fully saturated rings. The van der Waals surface area contributed by atoms with Crippen molar-refractivity contribution < 1.29 is 9.47 Å². The largest absolute Gasteiger partial charge is 0.493 e. The number of allylic oxidation sites excluding steroid dienone is 1. The predicted octanol–water partition coefficient (Wildman–Crippen LogP) is 3.32. The lowest BCUT2D eigenvalue weighted by molar-refractivity contribution is 0.296. The third-order valence-corrected chi connectivity index (χ3v) is 2.74. The van der Waals surface area contributed by atoms with Crippen molar-refractivity contribution in [3.05, 3.63) is 36.4 Å². The summed E-state index contributed by atoms with van der Waals surface area (Å²) in [5, 5.41) is 0. The second-order valence-electron chi connectivity index (χ2n) is 4.44. The van der Waals surface area contributed by atoms with E-state index in [4.69, 9.17) is 15.2 Å². The molecule has 1 aromatic rings. The Balaban J connectivity index is 2.67. The van der Waals surface area contributed by atoms with E-state index in [9.17, 15) is 0 Å². The molecule has 1 rings (SSSR count). The summed E-state index contributed by atoms with van der Waals surface area (Å²) < 4.78 is 11.5. The van der Waals surface area contributed by atoms with Crippen LogP contribution in [0.1, 0.15) is 31.7 Å². The van der Waals surface area contributed by atoms with Gasteiger partial charge in [-0.05, 0) is 43.9 Å². The molecule has 0 aromatic heterocycles. The summed E-state index contributed by atoms with van der Waals surface area (Å²) in [6.45, 7) is 7.85. The van der Waals surface area contributed by atoms with Crippen LogP contribution < -0.4 is 15.2 Å². The number of rotatable bonds is 10. The van der Waals surface area contributed by atoms with E-state index in [0.29, 0.717) is 13.2 Å². The highest BCUT2D eigenvalue weighted by Crippen LogP contribution is 2.25. The van der Waals surface area contributed by atoms with Crippen molar-refractivity contribution in [3.8, 4) is 11.5 Å². The first kappa shape index (κ1) is 15.6. The minimum Gasteiger partial charge on any atom is -0.493 e. The molecule has 3 nitrogen and oxygen atoms in total. The Hall–Kier alpha value is -1.48. The van der Waals surface area contributed by atoms with Crippen molar-refractivity contribution >= 4 is 0 Å². The fourth-order valence-electron chi connectivity index (χ4n) is 1.75. The van der Waals surface area contributed by atoms with Gasteiger partial charge in [-0.1, -0.05) is 19.1 Å². The zero-order valence-electron chi connectivity index (χ0n) is 11.9. The maximum Gasteiger partial charge on any atom is 0.126 e. The van der Waals surface area contributed by atoms with E-state index >= 15 is 0 Å². The standard InChI is InChI=1S/C16H25NO2/c1-3-5-6-12-19-16-13-15(18-11-4-2)8-7-14(16)9-10-17/h3,7-8,13H,1,4-6,9-12,17H2,2H3. The van der Waals surface area contributed by atoms with Crippen molar-refractivity contribution in [2.45, 2.75) is 32.6 Å². The maximum atomic E-state index is 5.83. The molecule has 0 atom stereocenters. The highest BCUT2D eigenvalue weighted by molar-refractivity contribution is 5.41. The van der Waals surface area contributed by atoms with Gasteiger partial charge in [0.2, 0.25) is 0 Å². The average molecular weight is 263 g/mol. The molecule has 0 unspecified atom stereocenters. The van der Waals surface area contributed by atoms with Gasteiger partial charge in [0.25, 0.3) is 0 Å². The summed E-state index contributed by atoms with van der Waals surface area (Å²) in [4.78, 5) is 0. The van der Waals surface area contributed by atoms with E-state index in [1.54, 1.807) is 0 Å². The summed E-state index contributed by atoms with van der Waals surface area (Å²) in [6.07, 6.45) is 5.68. The van der Waals surface area contributed by atoms with Gasteiger partial charge in [0, 0.05) is 6.07 Å². The Bertz CT molecular complexity index is 377. The molecule has 0 aliphatic carbocycles. The van der Waals surface area contributed by atoms with Crippen LogP contribution >= 0.6 is 0 Å². The van der Waals surface area contributed by atoms with Gasteiger partial charge in [-0.3, -0.25) is 0 Å². The molecule has 3 heteroatoms. The van der Waals surface area contributed by atoms with Crippen LogP contribution in [0.4, 0.5) is 0 Å². The molecule has 0 saturated carbocycles. The first-order valence-corrected chi connectivity index (χ1v) is 7.01. The molecule has 0 aliphatic rings. The van der Waals surface area contributed by atoms with E-state index in [2.05, 4.69) is 13.5 Å². The van der Waals surface area contributed by atoms with E-state index in [1.165, 1.54) is 0 Å². The minimum absolute atomic E-state index is 0.623. The molecule has 0 saturated heterocycles. The Morgan fingerprint density at radius 1 is 1.26 bits per heavy atom. The lowest BCUT2D eigenvalue weighted by Crippen LogP contribution is -2.06. The van der Waals surface area contributed by atoms with Gasteiger partial charge < -0.3 is 15.2 Å². The van der Waals surface area contributed by atoms with Crippen LogP contribution in [0.15, 0.2) is 30.9 Å². The van der Waals surface area contributed by atoms with E-state index in [-0.39, 0.29) is 0 Å². The van der Waals surface area contributed by atoms with Crippen LogP contribution in [0.3, 0.4) is 0 Å². The Morgan fingerprint density at radius 3 is 2.79 bits per heavy atom. The zero-order chi connectivity index (χ0) is 13.9. The van der Waals surface area contributed by atoms with Crippen LogP contribution in [0.5, 0.6) is 11.5 Å². The molecule has 1 aromatic carbocycles. The first-order chi connectivity index (χ1) is 9.31. The Morgan fingerprint density at radius 2 is 2.11 bits per heavy atom. The highest BCUT2D eigenvalue weighted by atomic mass is 16.5. The predicted molar refractivity (Wildman–Crippen MR) is 79.9 cm³/mol. The fraction of sp³-hybridized carbons (Fsp3) is 0.500. The molecule has 0 aliphatic heterocycles. The topological polar surface area (TPSA) is 44.5 Å². The van der Waals surface area contributed by atoms with Crippen LogP contribution in [0.2, 0.25) is 0 Å². The van der Waals surface area contributed by atoms with Gasteiger partial charge in [0.05, 0.1) is 13.2 Å². The maximum absolute atomic E-state index is 5.83. The average Bonchev–Trinajstić information content (AvgIpc) is 2.43. The van der Waals surface area contributed by atoms with Gasteiger partial charge >= 0.3 is 0 Å². The summed E-state index contributed by atoms with van der Waals surface area (Å²) in [6, 6.07) is 5.99. The van der Waals surface area contributed by atoms with Gasteiger partial charge in [0.1, 0.15) is 11.5 Å². The van der Waals surface area contributed by atoms with Crippen LogP contribution in [-0.4, -0.2) is 19.8 Å². The third kappa shape index (κ3) is 5.79. The second-order valence-corrected chi connectivity index (χ2v) is 4.44. The van der Waals surface area contributed by atoms with Crippen molar-refractivity contribution in [3.63, 3.8) is 0 Å². The fourth-order valence-corrected chi connectivity index (χ4v) is 1.75. The number of ether oxygens (including phenoxy) is 2. The molecule has 0 amide bonds. The van der Waals surface area contributed by atoms with Gasteiger partial charge in [-0.15, -0.1) is 6.58 Å². The quantitative estimate of drug-likeness (QED) is 0.520. The van der Waals surface area contributed by atoms with E-state index in [0.717, 1.165) is 49.4 Å². The highest BCUT2D eigenvalue weighted by Gasteiger charge is 2.05. The summed E-state index contributed by atoms with van der Waals surface area (Å²) >= 11 is 0. The van der Waals surface area contributed by atoms with E-state index < -0.39 is 0 Å². The first-order valence-electron chi connectivity index (χ1n) is 7.01. The SMILES string of the molecule is C=CCCCOc1cc(OCCC)ccc1CCN. The molecule has 0 heterocycles. The normalized spacial score (nSPS) is 10.2. The summed E-state index contributed by atoms with van der Waals surface area (Å²) in [5.41, 5.74) is 6.77. The molecule has 0 spiro atoms. The van der Waals surface area contributed by atoms with Crippen molar-refractivity contribution in [1.82, 2.24) is 0 Å². The van der Waals surface area contributed by atoms with Gasteiger partial charge in [-0.25, -0.2) is 0 Å². The van der Waals surface area contributed by atoms with E-state index in [1.807, 2.05) is 24.3 Å². The molecule has 0 radical (unpaired) electrons. The number of hydrogen-bond acceptors (Lipinski definition) is 3. The Labute approximate surface area is 116 Å². The molecule has 0 bridgehead atoms. The number of hydrogen-bond donors (Lipinski definition) is 1. The molecule has 19 heavy (non-hydrogen) atoms. The molecular formula is C16H25NO2. The second kappa shape index (κ2) is 9.45. The zero-order valence-corrected chi connectivity index (χ0v) is 11.9. The number of unbranched alkanes of at least 4 members (excludes halogenated alkanes) is 1. The Kier molecular flexibility index (Phi) is 7.75. The third-order valence-electron chi connectivity index (χ3n) is 2.74. The minimum atomic E-state index is 0.623. The van der Waals surface area contributed by atoms with Crippen molar-refractivity contribution in [2.24, 2.45) is 5.73 Å². The number of nitrogens with two attached hydrogens (primary N) is 1. The molecular weight excluding hydrogens is 238 g/mol. The summed E-state index contributed by atoms with van der Waals surface area (Å²) in [7, 11) is 0. The lowest BCUT2D eigenvalue weighted by Gasteiger charge is -2.13. The van der Waals surface area contributed by atoms with Gasteiger partial charge in [0.15, 0.2) is 0 Å². The van der Waals surface area contributed by atoms with Crippen LogP contribution in [0.25, 0.3) is 0 Å². The molecule has 106 valence electrons. The molecule has 2 N–H and O–H groups in total. The smallest absolute Gasteiger partial charge is 0.126 e.